The molecule has 2 aliphatic rings. The van der Waals surface area contributed by atoms with Gasteiger partial charge in [0.1, 0.15) is 5.00 Å². The maximum atomic E-state index is 12.2. The maximum absolute atomic E-state index is 12.2. The number of carbonyl (C=O) groups excluding carboxylic acids is 1. The molecule has 0 aliphatic heterocycles. The van der Waals surface area contributed by atoms with Gasteiger partial charge in [0.15, 0.2) is 11.5 Å². The summed E-state index contributed by atoms with van der Waals surface area (Å²) in [4.78, 5) is 12.9. The Morgan fingerprint density at radius 2 is 1.95 bits per heavy atom. The van der Waals surface area contributed by atoms with E-state index in [2.05, 4.69) is 5.32 Å². The molecule has 110 valence electrons. The number of nitrogens with two attached hydrogens (primary N) is 1. The monoisotopic (exact) mass is 294 g/mol. The molecule has 0 spiro atoms. The van der Waals surface area contributed by atoms with Gasteiger partial charge in [0.25, 0.3) is 0 Å². The zero-order chi connectivity index (χ0) is 14.1. The summed E-state index contributed by atoms with van der Waals surface area (Å²) in [5.41, 5.74) is 6.63. The van der Waals surface area contributed by atoms with Crippen molar-refractivity contribution in [3.63, 3.8) is 0 Å². The van der Waals surface area contributed by atoms with E-state index in [-0.39, 0.29) is 11.7 Å². The molecule has 2 aliphatic carbocycles. The molecule has 0 unspecified atom stereocenters. The van der Waals surface area contributed by atoms with Crippen molar-refractivity contribution in [2.45, 2.75) is 51.0 Å². The topological polar surface area (TPSA) is 64.3 Å². The molecule has 0 bridgehead atoms. The van der Waals surface area contributed by atoms with Gasteiger partial charge in [0.05, 0.1) is 17.7 Å². The Balaban J connectivity index is 1.81. The Kier molecular flexibility index (Phi) is 3.87. The fraction of sp³-hybridized carbons (Fsp3) is 0.667. The average molecular weight is 294 g/mol. The third kappa shape index (κ3) is 2.64. The van der Waals surface area contributed by atoms with Crippen molar-refractivity contribution in [2.24, 2.45) is 5.92 Å². The summed E-state index contributed by atoms with van der Waals surface area (Å²) in [7, 11) is 1.62. The second kappa shape index (κ2) is 5.64. The first-order valence-corrected chi connectivity index (χ1v) is 8.29. The first kappa shape index (κ1) is 13.7. The van der Waals surface area contributed by atoms with Crippen molar-refractivity contribution < 1.29 is 9.53 Å². The van der Waals surface area contributed by atoms with Crippen LogP contribution in [-0.2, 0) is 0 Å². The highest BCUT2D eigenvalue weighted by Gasteiger charge is 2.34. The highest BCUT2D eigenvalue weighted by Crippen LogP contribution is 2.46. The molecule has 20 heavy (non-hydrogen) atoms. The lowest BCUT2D eigenvalue weighted by Gasteiger charge is -2.23. The minimum atomic E-state index is 0.197. The molecular weight excluding hydrogens is 272 g/mol. The summed E-state index contributed by atoms with van der Waals surface area (Å²) in [6.45, 7) is 0. The molecule has 3 N–H and O–H groups in total. The Hall–Kier alpha value is -1.23. The number of hydrogen-bond acceptors (Lipinski definition) is 5. The average Bonchev–Trinajstić information content (AvgIpc) is 3.25. The minimum absolute atomic E-state index is 0.197. The number of anilines is 2. The van der Waals surface area contributed by atoms with Crippen LogP contribution < -0.4 is 15.8 Å². The van der Waals surface area contributed by atoms with Crippen molar-refractivity contribution in [3.05, 3.63) is 4.88 Å². The smallest absolute Gasteiger partial charge is 0.178 e. The Bertz CT molecular complexity index is 502. The number of methoxy groups -OCH3 is 1. The fourth-order valence-electron chi connectivity index (χ4n) is 2.87. The molecule has 0 aromatic carbocycles. The molecule has 1 heterocycles. The lowest BCUT2D eigenvalue weighted by Crippen LogP contribution is -2.21. The Morgan fingerprint density at radius 1 is 1.25 bits per heavy atom. The Morgan fingerprint density at radius 3 is 2.55 bits per heavy atom. The first-order valence-electron chi connectivity index (χ1n) is 7.47. The van der Waals surface area contributed by atoms with Gasteiger partial charge in [-0.05, 0) is 25.7 Å². The largest absolute Gasteiger partial charge is 0.492 e. The molecule has 0 atom stereocenters. The number of nitrogens with one attached hydrogen (secondary N) is 1. The molecular formula is C15H22N2O2S. The number of carbonyl (C=O) groups is 1. The van der Waals surface area contributed by atoms with Crippen molar-refractivity contribution in [2.75, 3.05) is 18.2 Å². The summed E-state index contributed by atoms with van der Waals surface area (Å²) >= 11 is 1.47. The normalized spacial score (nSPS) is 19.9. The molecule has 0 amide bonds. The van der Waals surface area contributed by atoms with E-state index in [1.807, 2.05) is 0 Å². The van der Waals surface area contributed by atoms with Gasteiger partial charge in [-0.1, -0.05) is 19.3 Å². The highest BCUT2D eigenvalue weighted by molar-refractivity contribution is 7.19. The number of hydrogen-bond donors (Lipinski definition) is 2. The van der Waals surface area contributed by atoms with Crippen molar-refractivity contribution >= 4 is 27.8 Å². The molecule has 1 aromatic heterocycles. The van der Waals surface area contributed by atoms with Gasteiger partial charge in [0, 0.05) is 12.0 Å². The summed E-state index contributed by atoms with van der Waals surface area (Å²) in [5, 5.41) is 4.47. The SMILES string of the molecule is COc1c(NC2CCCCC2)sc(C(=O)C2CC2)c1N. The van der Waals surface area contributed by atoms with Crippen LogP contribution in [-0.4, -0.2) is 18.9 Å². The quantitative estimate of drug-likeness (QED) is 0.813. The van der Waals surface area contributed by atoms with Crippen LogP contribution in [0.25, 0.3) is 0 Å². The third-order valence-electron chi connectivity index (χ3n) is 4.22. The third-order valence-corrected chi connectivity index (χ3v) is 5.35. The van der Waals surface area contributed by atoms with Gasteiger partial charge in [-0.15, -0.1) is 11.3 Å². The molecule has 2 fully saturated rings. The number of thiophene rings is 1. The van der Waals surface area contributed by atoms with Crippen molar-refractivity contribution in [1.29, 1.82) is 0 Å². The van der Waals surface area contributed by atoms with Crippen LogP contribution in [0.4, 0.5) is 10.7 Å². The maximum Gasteiger partial charge on any atom is 0.178 e. The van der Waals surface area contributed by atoms with Crippen molar-refractivity contribution in [3.8, 4) is 5.75 Å². The standard InChI is InChI=1S/C15H22N2O2S/c1-19-13-11(16)14(12(18)9-7-8-9)20-15(13)17-10-5-3-2-4-6-10/h9-10,17H,2-8,16H2,1H3. The van der Waals surface area contributed by atoms with Gasteiger partial charge in [-0.25, -0.2) is 0 Å². The molecule has 0 saturated heterocycles. The van der Waals surface area contributed by atoms with Crippen LogP contribution in [0.15, 0.2) is 0 Å². The van der Waals surface area contributed by atoms with Crippen LogP contribution in [0.2, 0.25) is 0 Å². The van der Waals surface area contributed by atoms with E-state index < -0.39 is 0 Å². The number of Topliss-reactive ketones (excluding diaryl/α,β-unsaturated/α-hetero) is 1. The second-order valence-corrected chi connectivity index (χ2v) is 6.85. The molecule has 1 aromatic rings. The molecule has 2 saturated carbocycles. The van der Waals surface area contributed by atoms with Gasteiger partial charge in [-0.3, -0.25) is 4.79 Å². The first-order chi connectivity index (χ1) is 9.70. The number of ketones is 1. The van der Waals surface area contributed by atoms with Gasteiger partial charge in [0.2, 0.25) is 0 Å². The number of rotatable bonds is 5. The summed E-state index contributed by atoms with van der Waals surface area (Å²) in [6.07, 6.45) is 8.25. The van der Waals surface area contributed by atoms with Crippen LogP contribution in [0.5, 0.6) is 5.75 Å². The van der Waals surface area contributed by atoms with E-state index in [1.54, 1.807) is 7.11 Å². The number of ether oxygens (including phenoxy) is 1. The van der Waals surface area contributed by atoms with E-state index in [9.17, 15) is 4.79 Å². The van der Waals surface area contributed by atoms with Gasteiger partial charge < -0.3 is 15.8 Å². The summed E-state index contributed by atoms with van der Waals surface area (Å²) in [6, 6.07) is 0.486. The molecule has 5 heteroatoms. The van der Waals surface area contributed by atoms with E-state index in [1.165, 1.54) is 43.4 Å². The fourth-order valence-corrected chi connectivity index (χ4v) is 4.06. The Labute approximate surface area is 123 Å². The van der Waals surface area contributed by atoms with Crippen LogP contribution in [0.1, 0.15) is 54.6 Å². The minimum Gasteiger partial charge on any atom is -0.492 e. The van der Waals surface area contributed by atoms with Crippen LogP contribution in [0.3, 0.4) is 0 Å². The zero-order valence-corrected chi connectivity index (χ0v) is 12.7. The van der Waals surface area contributed by atoms with Gasteiger partial charge in [-0.2, -0.15) is 0 Å². The van der Waals surface area contributed by atoms with Crippen LogP contribution >= 0.6 is 11.3 Å². The lowest BCUT2D eigenvalue weighted by atomic mass is 9.96. The summed E-state index contributed by atoms with van der Waals surface area (Å²) < 4.78 is 5.42. The number of nitrogen functional groups attached to an aromatic ring is 1. The lowest BCUT2D eigenvalue weighted by molar-refractivity contribution is 0.0972. The molecule has 3 rings (SSSR count). The van der Waals surface area contributed by atoms with E-state index in [0.717, 1.165) is 17.8 Å². The highest BCUT2D eigenvalue weighted by atomic mass is 32.1. The molecule has 4 nitrogen and oxygen atoms in total. The van der Waals surface area contributed by atoms with Crippen LogP contribution in [0, 0.1) is 5.92 Å². The van der Waals surface area contributed by atoms with Gasteiger partial charge >= 0.3 is 0 Å². The predicted octanol–water partition coefficient (Wildman–Crippen LogP) is 3.68. The van der Waals surface area contributed by atoms with E-state index in [0.29, 0.717) is 22.4 Å². The van der Waals surface area contributed by atoms with Crippen molar-refractivity contribution in [1.82, 2.24) is 0 Å². The zero-order valence-electron chi connectivity index (χ0n) is 11.9. The van der Waals surface area contributed by atoms with E-state index >= 15 is 0 Å². The molecule has 0 radical (unpaired) electrons. The van der Waals surface area contributed by atoms with E-state index in [4.69, 9.17) is 10.5 Å². The predicted molar refractivity (Wildman–Crippen MR) is 82.8 cm³/mol. The summed E-state index contributed by atoms with van der Waals surface area (Å²) in [5.74, 6) is 1.05. The second-order valence-electron chi connectivity index (χ2n) is 5.83.